The zero-order valence-corrected chi connectivity index (χ0v) is 9.46. The molecule has 0 aromatic carbocycles. The molecule has 82 valence electrons. The van der Waals surface area contributed by atoms with Crippen molar-refractivity contribution in [3.05, 3.63) is 0 Å². The standard InChI is InChI=1S/C12H23NO/c1-9(10-3-4-10)12(13-2)11-5-7-14-8-6-11/h9-13H,3-8H2,1-2H3. The highest BCUT2D eigenvalue weighted by molar-refractivity contribution is 4.90. The van der Waals surface area contributed by atoms with Gasteiger partial charge in [0.05, 0.1) is 0 Å². The average molecular weight is 197 g/mol. The minimum Gasteiger partial charge on any atom is -0.381 e. The Morgan fingerprint density at radius 1 is 1.07 bits per heavy atom. The maximum Gasteiger partial charge on any atom is 0.0469 e. The summed E-state index contributed by atoms with van der Waals surface area (Å²) in [7, 11) is 2.12. The SMILES string of the molecule is CNC(C1CCOCC1)C(C)C1CC1. The number of rotatable bonds is 4. The molecule has 0 spiro atoms. The van der Waals surface area contributed by atoms with Gasteiger partial charge in [0.2, 0.25) is 0 Å². The van der Waals surface area contributed by atoms with Crippen LogP contribution in [0.15, 0.2) is 0 Å². The van der Waals surface area contributed by atoms with E-state index in [1.165, 1.54) is 25.7 Å². The van der Waals surface area contributed by atoms with Crippen LogP contribution in [0.25, 0.3) is 0 Å². The third-order valence-corrected chi connectivity index (χ3v) is 4.04. The van der Waals surface area contributed by atoms with E-state index in [-0.39, 0.29) is 0 Å². The second kappa shape index (κ2) is 4.63. The van der Waals surface area contributed by atoms with Gasteiger partial charge in [-0.2, -0.15) is 0 Å². The minimum atomic E-state index is 0.728. The molecule has 1 aliphatic heterocycles. The molecule has 2 fully saturated rings. The Balaban J connectivity index is 1.89. The molecular weight excluding hydrogens is 174 g/mol. The highest BCUT2D eigenvalue weighted by atomic mass is 16.5. The zero-order chi connectivity index (χ0) is 9.97. The molecule has 2 rings (SSSR count). The molecule has 1 saturated heterocycles. The molecule has 0 aromatic rings. The van der Waals surface area contributed by atoms with E-state index in [1.807, 2.05) is 0 Å². The van der Waals surface area contributed by atoms with Crippen LogP contribution in [0, 0.1) is 17.8 Å². The number of hydrogen-bond donors (Lipinski definition) is 1. The van der Waals surface area contributed by atoms with E-state index in [0.29, 0.717) is 0 Å². The molecule has 0 aromatic heterocycles. The van der Waals surface area contributed by atoms with Crippen molar-refractivity contribution in [3.8, 4) is 0 Å². The molecule has 2 atom stereocenters. The fourth-order valence-corrected chi connectivity index (χ4v) is 2.92. The molecule has 1 heterocycles. The van der Waals surface area contributed by atoms with E-state index in [9.17, 15) is 0 Å². The first-order valence-electron chi connectivity index (χ1n) is 6.08. The Hall–Kier alpha value is -0.0800. The highest BCUT2D eigenvalue weighted by Crippen LogP contribution is 2.40. The van der Waals surface area contributed by atoms with E-state index in [1.54, 1.807) is 0 Å². The van der Waals surface area contributed by atoms with Crippen LogP contribution in [0.5, 0.6) is 0 Å². The van der Waals surface area contributed by atoms with E-state index in [2.05, 4.69) is 19.3 Å². The van der Waals surface area contributed by atoms with Crippen molar-refractivity contribution in [1.29, 1.82) is 0 Å². The predicted octanol–water partition coefficient (Wildman–Crippen LogP) is 2.05. The summed E-state index contributed by atoms with van der Waals surface area (Å²) in [5.41, 5.74) is 0. The molecule has 14 heavy (non-hydrogen) atoms. The van der Waals surface area contributed by atoms with Crippen LogP contribution >= 0.6 is 0 Å². The molecule has 0 amide bonds. The summed E-state index contributed by atoms with van der Waals surface area (Å²) in [6.45, 7) is 4.37. The van der Waals surface area contributed by atoms with Crippen LogP contribution in [0.4, 0.5) is 0 Å². The molecule has 2 nitrogen and oxygen atoms in total. The largest absolute Gasteiger partial charge is 0.381 e. The normalized spacial score (nSPS) is 28.7. The van der Waals surface area contributed by atoms with Crippen LogP contribution < -0.4 is 5.32 Å². The molecule has 2 heteroatoms. The predicted molar refractivity (Wildman–Crippen MR) is 58.3 cm³/mol. The van der Waals surface area contributed by atoms with Gasteiger partial charge >= 0.3 is 0 Å². The first kappa shape index (κ1) is 10.4. The zero-order valence-electron chi connectivity index (χ0n) is 9.46. The Bertz CT molecular complexity index is 173. The van der Waals surface area contributed by atoms with Gasteiger partial charge in [0.25, 0.3) is 0 Å². The number of ether oxygens (including phenoxy) is 1. The third kappa shape index (κ3) is 2.29. The molecule has 1 N–H and O–H groups in total. The van der Waals surface area contributed by atoms with Gasteiger partial charge in [0.1, 0.15) is 0 Å². The van der Waals surface area contributed by atoms with Crippen LogP contribution in [-0.4, -0.2) is 26.3 Å². The van der Waals surface area contributed by atoms with Gasteiger partial charge < -0.3 is 10.1 Å². The second-order valence-electron chi connectivity index (χ2n) is 4.96. The average Bonchev–Trinajstić information content (AvgIpc) is 3.03. The Labute approximate surface area is 87.4 Å². The molecule has 0 bridgehead atoms. The summed E-state index contributed by atoms with van der Waals surface area (Å²) in [5, 5.41) is 3.54. The smallest absolute Gasteiger partial charge is 0.0469 e. The van der Waals surface area contributed by atoms with Crippen LogP contribution in [0.2, 0.25) is 0 Å². The molecule has 1 saturated carbocycles. The summed E-state index contributed by atoms with van der Waals surface area (Å²) >= 11 is 0. The lowest BCUT2D eigenvalue weighted by Crippen LogP contribution is -2.42. The van der Waals surface area contributed by atoms with Gasteiger partial charge in [-0.3, -0.25) is 0 Å². The van der Waals surface area contributed by atoms with Crippen molar-refractivity contribution >= 4 is 0 Å². The first-order chi connectivity index (χ1) is 6.83. The lowest BCUT2D eigenvalue weighted by Gasteiger charge is -2.34. The van der Waals surface area contributed by atoms with Crippen molar-refractivity contribution in [2.24, 2.45) is 17.8 Å². The van der Waals surface area contributed by atoms with Crippen molar-refractivity contribution in [1.82, 2.24) is 5.32 Å². The molecular formula is C12H23NO. The molecule has 1 aliphatic carbocycles. The number of hydrogen-bond acceptors (Lipinski definition) is 2. The molecule has 2 aliphatic rings. The van der Waals surface area contributed by atoms with E-state index in [0.717, 1.165) is 37.0 Å². The third-order valence-electron chi connectivity index (χ3n) is 4.04. The Morgan fingerprint density at radius 3 is 2.21 bits per heavy atom. The monoisotopic (exact) mass is 197 g/mol. The topological polar surface area (TPSA) is 21.3 Å². The summed E-state index contributed by atoms with van der Waals surface area (Å²) < 4.78 is 5.42. The van der Waals surface area contributed by atoms with Crippen molar-refractivity contribution in [2.75, 3.05) is 20.3 Å². The quantitative estimate of drug-likeness (QED) is 0.744. The van der Waals surface area contributed by atoms with Gasteiger partial charge in [-0.05, 0) is 50.5 Å². The highest BCUT2D eigenvalue weighted by Gasteiger charge is 2.36. The summed E-state index contributed by atoms with van der Waals surface area (Å²) in [5.74, 6) is 2.72. The summed E-state index contributed by atoms with van der Waals surface area (Å²) in [6, 6.07) is 0.728. The van der Waals surface area contributed by atoms with Crippen molar-refractivity contribution in [3.63, 3.8) is 0 Å². The van der Waals surface area contributed by atoms with Gasteiger partial charge in [0, 0.05) is 19.3 Å². The fourth-order valence-electron chi connectivity index (χ4n) is 2.92. The maximum atomic E-state index is 5.42. The van der Waals surface area contributed by atoms with Gasteiger partial charge in [-0.15, -0.1) is 0 Å². The van der Waals surface area contributed by atoms with E-state index < -0.39 is 0 Å². The summed E-state index contributed by atoms with van der Waals surface area (Å²) in [6.07, 6.45) is 5.43. The molecule has 0 radical (unpaired) electrons. The fraction of sp³-hybridized carbons (Fsp3) is 1.00. The Kier molecular flexibility index (Phi) is 3.45. The second-order valence-corrected chi connectivity index (χ2v) is 4.96. The van der Waals surface area contributed by atoms with Crippen LogP contribution in [0.1, 0.15) is 32.6 Å². The number of nitrogens with one attached hydrogen (secondary N) is 1. The van der Waals surface area contributed by atoms with Gasteiger partial charge in [-0.1, -0.05) is 6.92 Å². The molecule has 2 unspecified atom stereocenters. The van der Waals surface area contributed by atoms with Gasteiger partial charge in [-0.25, -0.2) is 0 Å². The van der Waals surface area contributed by atoms with E-state index >= 15 is 0 Å². The lowest BCUT2D eigenvalue weighted by molar-refractivity contribution is 0.0453. The van der Waals surface area contributed by atoms with Crippen LogP contribution in [-0.2, 0) is 4.74 Å². The van der Waals surface area contributed by atoms with Crippen LogP contribution in [0.3, 0.4) is 0 Å². The van der Waals surface area contributed by atoms with Crippen molar-refractivity contribution in [2.45, 2.75) is 38.6 Å². The summed E-state index contributed by atoms with van der Waals surface area (Å²) in [4.78, 5) is 0. The van der Waals surface area contributed by atoms with Gasteiger partial charge in [0.15, 0.2) is 0 Å². The first-order valence-corrected chi connectivity index (χ1v) is 6.08. The van der Waals surface area contributed by atoms with Crippen molar-refractivity contribution < 1.29 is 4.74 Å². The maximum absolute atomic E-state index is 5.42. The lowest BCUT2D eigenvalue weighted by atomic mass is 9.82. The Morgan fingerprint density at radius 2 is 1.71 bits per heavy atom. The minimum absolute atomic E-state index is 0.728. The van der Waals surface area contributed by atoms with E-state index in [4.69, 9.17) is 4.74 Å².